The lowest BCUT2D eigenvalue weighted by Gasteiger charge is -2.18. The minimum Gasteiger partial charge on any atom is -0.480 e. The molecule has 2 atom stereocenters. The Labute approximate surface area is 72.6 Å². The van der Waals surface area contributed by atoms with Crippen LogP contribution in [0.15, 0.2) is 0 Å². The van der Waals surface area contributed by atoms with Crippen molar-refractivity contribution in [3.05, 3.63) is 0 Å². The Hall–Kier alpha value is -0.610. The van der Waals surface area contributed by atoms with Crippen molar-refractivity contribution in [2.45, 2.75) is 12.5 Å². The van der Waals surface area contributed by atoms with E-state index >= 15 is 0 Å². The van der Waals surface area contributed by atoms with Gasteiger partial charge in [-0.15, -0.1) is 0 Å². The van der Waals surface area contributed by atoms with Crippen LogP contribution in [0.2, 0.25) is 0 Å². The molecule has 1 fully saturated rings. The summed E-state index contributed by atoms with van der Waals surface area (Å²) in [6.45, 7) is 1.90. The van der Waals surface area contributed by atoms with Gasteiger partial charge in [0.2, 0.25) is 0 Å². The molecule has 1 aliphatic heterocycles. The minimum atomic E-state index is -0.738. The van der Waals surface area contributed by atoms with E-state index in [2.05, 4.69) is 10.2 Å². The third kappa shape index (κ3) is 1.95. The molecule has 1 heterocycles. The van der Waals surface area contributed by atoms with Crippen LogP contribution >= 0.6 is 0 Å². The van der Waals surface area contributed by atoms with Crippen LogP contribution in [0.4, 0.5) is 0 Å². The molecule has 12 heavy (non-hydrogen) atoms. The van der Waals surface area contributed by atoms with Crippen molar-refractivity contribution in [2.24, 2.45) is 5.92 Å². The maximum absolute atomic E-state index is 10.7. The SMILES string of the molecule is CNC(C(=O)O)C1CCN(C)C1. The first kappa shape index (κ1) is 9.48. The number of likely N-dealkylation sites (N-methyl/N-ethyl adjacent to an activating group) is 1. The molecule has 0 aliphatic carbocycles. The monoisotopic (exact) mass is 172 g/mol. The number of rotatable bonds is 3. The first-order valence-corrected chi connectivity index (χ1v) is 4.23. The van der Waals surface area contributed by atoms with Gasteiger partial charge >= 0.3 is 5.97 Å². The van der Waals surface area contributed by atoms with E-state index in [-0.39, 0.29) is 12.0 Å². The van der Waals surface area contributed by atoms with Crippen LogP contribution in [0.3, 0.4) is 0 Å². The zero-order chi connectivity index (χ0) is 9.14. The van der Waals surface area contributed by atoms with Crippen molar-refractivity contribution in [3.8, 4) is 0 Å². The fourth-order valence-electron chi connectivity index (χ4n) is 1.80. The topological polar surface area (TPSA) is 52.6 Å². The summed E-state index contributed by atoms with van der Waals surface area (Å²) in [6.07, 6.45) is 0.980. The zero-order valence-corrected chi connectivity index (χ0v) is 7.58. The molecule has 4 nitrogen and oxygen atoms in total. The lowest BCUT2D eigenvalue weighted by molar-refractivity contribution is -0.140. The Bertz CT molecular complexity index is 172. The van der Waals surface area contributed by atoms with E-state index in [0.29, 0.717) is 0 Å². The Morgan fingerprint density at radius 2 is 2.42 bits per heavy atom. The number of hydrogen-bond donors (Lipinski definition) is 2. The molecule has 0 saturated carbocycles. The van der Waals surface area contributed by atoms with Gasteiger partial charge in [0.1, 0.15) is 6.04 Å². The summed E-state index contributed by atoms with van der Waals surface area (Å²) in [6, 6.07) is -0.380. The van der Waals surface area contributed by atoms with Crippen LogP contribution in [0.1, 0.15) is 6.42 Å². The fourth-order valence-corrected chi connectivity index (χ4v) is 1.80. The zero-order valence-electron chi connectivity index (χ0n) is 7.58. The fraction of sp³-hybridized carbons (Fsp3) is 0.875. The highest BCUT2D eigenvalue weighted by Gasteiger charge is 2.31. The molecule has 0 aromatic rings. The molecule has 1 saturated heterocycles. The highest BCUT2D eigenvalue weighted by atomic mass is 16.4. The van der Waals surface area contributed by atoms with Crippen molar-refractivity contribution >= 4 is 5.97 Å². The number of carbonyl (C=O) groups is 1. The van der Waals surface area contributed by atoms with Crippen LogP contribution in [0.25, 0.3) is 0 Å². The maximum atomic E-state index is 10.7. The Morgan fingerprint density at radius 1 is 1.75 bits per heavy atom. The van der Waals surface area contributed by atoms with Gasteiger partial charge in [0, 0.05) is 6.54 Å². The number of carboxylic acids is 1. The first-order valence-electron chi connectivity index (χ1n) is 4.23. The van der Waals surface area contributed by atoms with Crippen LogP contribution in [0.5, 0.6) is 0 Å². The summed E-state index contributed by atoms with van der Waals surface area (Å²) in [4.78, 5) is 12.9. The molecule has 0 spiro atoms. The van der Waals surface area contributed by atoms with E-state index in [4.69, 9.17) is 5.11 Å². The molecule has 4 heteroatoms. The standard InChI is InChI=1S/C8H16N2O2/c1-9-7(8(11)12)6-3-4-10(2)5-6/h6-7,9H,3-5H2,1-2H3,(H,11,12). The molecule has 2 N–H and O–H groups in total. The molecule has 70 valence electrons. The molecule has 0 aromatic carbocycles. The molecule has 0 aromatic heterocycles. The van der Waals surface area contributed by atoms with E-state index < -0.39 is 5.97 Å². The smallest absolute Gasteiger partial charge is 0.321 e. The lowest BCUT2D eigenvalue weighted by atomic mass is 9.99. The van der Waals surface area contributed by atoms with E-state index in [9.17, 15) is 4.79 Å². The second-order valence-corrected chi connectivity index (χ2v) is 3.42. The minimum absolute atomic E-state index is 0.262. The molecule has 0 radical (unpaired) electrons. The number of nitrogens with one attached hydrogen (secondary N) is 1. The van der Waals surface area contributed by atoms with Crippen LogP contribution in [0, 0.1) is 5.92 Å². The summed E-state index contributed by atoms with van der Waals surface area (Å²) in [5.74, 6) is -0.477. The number of aliphatic carboxylic acids is 1. The highest BCUT2D eigenvalue weighted by Crippen LogP contribution is 2.18. The molecule has 0 bridgehead atoms. The molecular weight excluding hydrogens is 156 g/mol. The van der Waals surface area contributed by atoms with Gasteiger partial charge in [-0.1, -0.05) is 0 Å². The van der Waals surface area contributed by atoms with Gasteiger partial charge in [0.05, 0.1) is 0 Å². The maximum Gasteiger partial charge on any atom is 0.321 e. The normalized spacial score (nSPS) is 27.3. The molecular formula is C8H16N2O2. The van der Waals surface area contributed by atoms with Crippen LogP contribution < -0.4 is 5.32 Å². The van der Waals surface area contributed by atoms with E-state index in [1.807, 2.05) is 7.05 Å². The predicted octanol–water partition coefficient (Wildman–Crippen LogP) is -0.389. The third-order valence-corrected chi connectivity index (χ3v) is 2.48. The molecule has 0 amide bonds. The Kier molecular flexibility index (Phi) is 3.05. The summed E-state index contributed by atoms with van der Waals surface area (Å²) in [5.41, 5.74) is 0. The van der Waals surface area contributed by atoms with E-state index in [1.54, 1.807) is 7.05 Å². The van der Waals surface area contributed by atoms with Gasteiger partial charge in [-0.3, -0.25) is 4.79 Å². The number of nitrogens with zero attached hydrogens (tertiary/aromatic N) is 1. The van der Waals surface area contributed by atoms with Gasteiger partial charge in [0.15, 0.2) is 0 Å². The molecule has 2 unspecified atom stereocenters. The van der Waals surface area contributed by atoms with Crippen molar-refractivity contribution in [1.82, 2.24) is 10.2 Å². The highest BCUT2D eigenvalue weighted by molar-refractivity contribution is 5.73. The van der Waals surface area contributed by atoms with Gasteiger partial charge in [-0.25, -0.2) is 0 Å². The van der Waals surface area contributed by atoms with Crippen molar-refractivity contribution in [1.29, 1.82) is 0 Å². The largest absolute Gasteiger partial charge is 0.480 e. The summed E-state index contributed by atoms with van der Waals surface area (Å²) < 4.78 is 0. The van der Waals surface area contributed by atoms with Gasteiger partial charge < -0.3 is 15.3 Å². The van der Waals surface area contributed by atoms with Crippen molar-refractivity contribution < 1.29 is 9.90 Å². The van der Waals surface area contributed by atoms with Crippen LogP contribution in [-0.2, 0) is 4.79 Å². The van der Waals surface area contributed by atoms with Crippen LogP contribution in [-0.4, -0.2) is 49.2 Å². The lowest BCUT2D eigenvalue weighted by Crippen LogP contribution is -2.41. The van der Waals surface area contributed by atoms with Crippen molar-refractivity contribution in [2.75, 3.05) is 27.2 Å². The molecule has 1 rings (SSSR count). The van der Waals surface area contributed by atoms with Gasteiger partial charge in [0.25, 0.3) is 0 Å². The average Bonchev–Trinajstić information content (AvgIpc) is 2.37. The average molecular weight is 172 g/mol. The Morgan fingerprint density at radius 3 is 2.75 bits per heavy atom. The van der Waals surface area contributed by atoms with E-state index in [0.717, 1.165) is 19.5 Å². The second kappa shape index (κ2) is 3.87. The second-order valence-electron chi connectivity index (χ2n) is 3.42. The Balaban J connectivity index is 2.49. The van der Waals surface area contributed by atoms with Gasteiger partial charge in [-0.05, 0) is 33.0 Å². The quantitative estimate of drug-likeness (QED) is 0.609. The summed E-state index contributed by atoms with van der Waals surface area (Å²) in [5, 5.41) is 11.7. The summed E-state index contributed by atoms with van der Waals surface area (Å²) in [7, 11) is 3.73. The number of carboxylic acid groups (broad SMARTS) is 1. The first-order chi connectivity index (χ1) is 5.65. The summed E-state index contributed by atoms with van der Waals surface area (Å²) >= 11 is 0. The van der Waals surface area contributed by atoms with Gasteiger partial charge in [-0.2, -0.15) is 0 Å². The number of likely N-dealkylation sites (tertiary alicyclic amines) is 1. The predicted molar refractivity (Wildman–Crippen MR) is 46.1 cm³/mol. The number of hydrogen-bond acceptors (Lipinski definition) is 3. The van der Waals surface area contributed by atoms with Crippen molar-refractivity contribution in [3.63, 3.8) is 0 Å². The molecule has 1 aliphatic rings. The van der Waals surface area contributed by atoms with E-state index in [1.165, 1.54) is 0 Å². The third-order valence-electron chi connectivity index (χ3n) is 2.48.